The van der Waals surface area contributed by atoms with E-state index in [0.717, 1.165) is 44.1 Å². The van der Waals surface area contributed by atoms with Gasteiger partial charge in [-0.05, 0) is 40.2 Å². The van der Waals surface area contributed by atoms with E-state index in [2.05, 4.69) is 61.1 Å². The van der Waals surface area contributed by atoms with Gasteiger partial charge in [0.1, 0.15) is 11.6 Å². The highest BCUT2D eigenvalue weighted by atomic mass is 79.9. The van der Waals surface area contributed by atoms with Crippen LogP contribution in [0.15, 0.2) is 111 Å². The first-order valence-corrected chi connectivity index (χ1v) is 12.2. The fourth-order valence-electron chi connectivity index (χ4n) is 3.73. The molecule has 5 aromatic rings. The molecule has 34 heavy (non-hydrogen) atoms. The molecule has 0 radical (unpaired) electrons. The predicted octanol–water partition coefficient (Wildman–Crippen LogP) is 8.39. The van der Waals surface area contributed by atoms with Crippen molar-refractivity contribution in [1.29, 1.82) is 0 Å². The Morgan fingerprint density at radius 1 is 0.794 bits per heavy atom. The topological polar surface area (TPSA) is 61.3 Å². The molecule has 166 valence electrons. The fraction of sp³-hybridized carbons (Fsp3) is 0. The Bertz CT molecular complexity index is 1420. The number of H-pyrrole nitrogens is 1. The number of para-hydroxylation sites is 1. The van der Waals surface area contributed by atoms with Crippen molar-refractivity contribution < 1.29 is 5.11 Å². The van der Waals surface area contributed by atoms with Gasteiger partial charge in [-0.1, -0.05) is 88.7 Å². The zero-order valence-corrected chi connectivity index (χ0v) is 21.1. The van der Waals surface area contributed by atoms with Gasteiger partial charge < -0.3 is 10.1 Å². The zero-order valence-electron chi connectivity index (χ0n) is 17.9. The van der Waals surface area contributed by atoms with Gasteiger partial charge in [0, 0.05) is 32.9 Å². The van der Waals surface area contributed by atoms with Gasteiger partial charge in [-0.3, -0.25) is 4.99 Å². The first kappa shape index (κ1) is 22.3. The third-order valence-corrected chi connectivity index (χ3v) is 6.44. The van der Waals surface area contributed by atoms with Crippen molar-refractivity contribution in [1.82, 2.24) is 9.97 Å². The van der Waals surface area contributed by atoms with E-state index in [9.17, 15) is 5.11 Å². The largest absolute Gasteiger partial charge is 0.506 e. The van der Waals surface area contributed by atoms with E-state index in [1.54, 1.807) is 12.3 Å². The van der Waals surface area contributed by atoms with Crippen LogP contribution in [0.1, 0.15) is 5.56 Å². The number of aliphatic imine (C=N–C) groups is 1. The Morgan fingerprint density at radius 2 is 1.44 bits per heavy atom. The molecule has 0 atom stereocenters. The molecule has 0 amide bonds. The molecule has 0 bridgehead atoms. The highest BCUT2D eigenvalue weighted by Crippen LogP contribution is 2.36. The lowest BCUT2D eigenvalue weighted by molar-refractivity contribution is 0.471. The van der Waals surface area contributed by atoms with E-state index in [1.165, 1.54) is 0 Å². The molecule has 0 fully saturated rings. The molecule has 4 aromatic carbocycles. The van der Waals surface area contributed by atoms with Crippen LogP contribution in [0.3, 0.4) is 0 Å². The Labute approximate surface area is 214 Å². The van der Waals surface area contributed by atoms with E-state index in [-0.39, 0.29) is 5.75 Å². The molecule has 6 heteroatoms. The van der Waals surface area contributed by atoms with Crippen molar-refractivity contribution in [3.05, 3.63) is 112 Å². The highest BCUT2D eigenvalue weighted by molar-refractivity contribution is 9.11. The maximum atomic E-state index is 10.4. The van der Waals surface area contributed by atoms with E-state index in [4.69, 9.17) is 9.98 Å². The minimum absolute atomic E-state index is 0.139. The number of phenolic OH excluding ortho intramolecular Hbond substituents is 1. The van der Waals surface area contributed by atoms with Crippen molar-refractivity contribution in [3.63, 3.8) is 0 Å². The molecule has 5 rings (SSSR count). The maximum Gasteiger partial charge on any atom is 0.140 e. The predicted molar refractivity (Wildman–Crippen MR) is 146 cm³/mol. The Hall–Kier alpha value is -3.48. The maximum absolute atomic E-state index is 10.4. The summed E-state index contributed by atoms with van der Waals surface area (Å²) in [6.07, 6.45) is 1.66. The van der Waals surface area contributed by atoms with Crippen LogP contribution in [0, 0.1) is 0 Å². The SMILES string of the molecule is Oc1c(Br)cc(Br)cc1C=Nc1ccccc1-c1nc(-c2ccccc2)c(-c2ccccc2)[nH]1. The summed E-state index contributed by atoms with van der Waals surface area (Å²) in [5, 5.41) is 10.4. The van der Waals surface area contributed by atoms with Gasteiger partial charge >= 0.3 is 0 Å². The van der Waals surface area contributed by atoms with Crippen molar-refractivity contribution in [2.75, 3.05) is 0 Å². The Kier molecular flexibility index (Phi) is 6.43. The number of aromatic amines is 1. The van der Waals surface area contributed by atoms with Gasteiger partial charge in [0.25, 0.3) is 0 Å². The number of nitrogens with one attached hydrogen (secondary N) is 1. The summed E-state index contributed by atoms with van der Waals surface area (Å²) in [7, 11) is 0. The van der Waals surface area contributed by atoms with Gasteiger partial charge in [-0.25, -0.2) is 4.98 Å². The van der Waals surface area contributed by atoms with Gasteiger partial charge in [-0.15, -0.1) is 0 Å². The number of halogens is 2. The van der Waals surface area contributed by atoms with Crippen molar-refractivity contribution in [3.8, 4) is 39.7 Å². The molecular formula is C28H19Br2N3O. The van der Waals surface area contributed by atoms with Crippen LogP contribution in [-0.2, 0) is 0 Å². The van der Waals surface area contributed by atoms with Crippen molar-refractivity contribution in [2.45, 2.75) is 0 Å². The number of imidazole rings is 1. The second-order valence-corrected chi connectivity index (χ2v) is 9.41. The van der Waals surface area contributed by atoms with Gasteiger partial charge in [0.15, 0.2) is 0 Å². The number of hydrogen-bond acceptors (Lipinski definition) is 3. The number of phenols is 1. The number of rotatable bonds is 5. The summed E-state index contributed by atoms with van der Waals surface area (Å²) in [4.78, 5) is 13.2. The average molecular weight is 573 g/mol. The number of benzene rings is 4. The molecule has 1 aromatic heterocycles. The van der Waals surface area contributed by atoms with E-state index >= 15 is 0 Å². The van der Waals surface area contributed by atoms with Crippen molar-refractivity contribution in [2.24, 2.45) is 4.99 Å². The van der Waals surface area contributed by atoms with Crippen LogP contribution >= 0.6 is 31.9 Å². The lowest BCUT2D eigenvalue weighted by Gasteiger charge is -2.05. The molecule has 0 spiro atoms. The fourth-order valence-corrected chi connectivity index (χ4v) is 4.99. The lowest BCUT2D eigenvalue weighted by atomic mass is 10.1. The van der Waals surface area contributed by atoms with E-state index < -0.39 is 0 Å². The number of aromatic nitrogens is 2. The molecule has 1 heterocycles. The first-order valence-electron chi connectivity index (χ1n) is 10.6. The second kappa shape index (κ2) is 9.79. The van der Waals surface area contributed by atoms with Crippen LogP contribution in [0.2, 0.25) is 0 Å². The van der Waals surface area contributed by atoms with Crippen molar-refractivity contribution >= 4 is 43.8 Å². The van der Waals surface area contributed by atoms with E-state index in [1.807, 2.05) is 66.7 Å². The van der Waals surface area contributed by atoms with Gasteiger partial charge in [0.2, 0.25) is 0 Å². The number of hydrogen-bond donors (Lipinski definition) is 2. The third kappa shape index (κ3) is 4.60. The summed E-state index contributed by atoms with van der Waals surface area (Å²) in [6, 6.07) is 31.8. The normalized spacial score (nSPS) is 11.2. The molecular weight excluding hydrogens is 554 g/mol. The summed E-state index contributed by atoms with van der Waals surface area (Å²) in [6.45, 7) is 0. The molecule has 2 N–H and O–H groups in total. The summed E-state index contributed by atoms with van der Waals surface area (Å²) >= 11 is 6.83. The quantitative estimate of drug-likeness (QED) is 0.208. The Morgan fingerprint density at radius 3 is 2.18 bits per heavy atom. The van der Waals surface area contributed by atoms with Crippen LogP contribution < -0.4 is 0 Å². The molecule has 0 aliphatic carbocycles. The molecule has 0 unspecified atom stereocenters. The van der Waals surface area contributed by atoms with E-state index in [0.29, 0.717) is 10.0 Å². The number of aromatic hydroxyl groups is 1. The van der Waals surface area contributed by atoms with Gasteiger partial charge in [-0.2, -0.15) is 0 Å². The average Bonchev–Trinajstić information content (AvgIpc) is 3.32. The molecule has 0 aliphatic rings. The minimum Gasteiger partial charge on any atom is -0.506 e. The smallest absolute Gasteiger partial charge is 0.140 e. The van der Waals surface area contributed by atoms with Gasteiger partial charge in [0.05, 0.1) is 21.5 Å². The van der Waals surface area contributed by atoms with Crippen LogP contribution in [-0.4, -0.2) is 21.3 Å². The molecule has 4 nitrogen and oxygen atoms in total. The monoisotopic (exact) mass is 571 g/mol. The summed E-state index contributed by atoms with van der Waals surface area (Å²) in [5.41, 5.74) is 6.14. The Balaban J connectivity index is 1.62. The summed E-state index contributed by atoms with van der Waals surface area (Å²) < 4.78 is 1.45. The van der Waals surface area contributed by atoms with Crippen LogP contribution in [0.5, 0.6) is 5.75 Å². The summed E-state index contributed by atoms with van der Waals surface area (Å²) in [5.74, 6) is 0.866. The standard InChI is InChI=1S/C28H19Br2N3O/c29-21-15-20(27(34)23(30)16-21)17-31-24-14-8-7-13-22(24)28-32-25(18-9-3-1-4-10-18)26(33-28)19-11-5-2-6-12-19/h1-17,34H,(H,32,33). The third-order valence-electron chi connectivity index (χ3n) is 5.37. The highest BCUT2D eigenvalue weighted by Gasteiger charge is 2.16. The first-order chi connectivity index (χ1) is 16.6. The number of nitrogens with zero attached hydrogens (tertiary/aromatic N) is 2. The van der Waals surface area contributed by atoms with Crippen LogP contribution in [0.25, 0.3) is 33.9 Å². The molecule has 0 saturated carbocycles. The molecule has 0 aliphatic heterocycles. The van der Waals surface area contributed by atoms with Crippen LogP contribution in [0.4, 0.5) is 5.69 Å². The zero-order chi connectivity index (χ0) is 23.5. The second-order valence-electron chi connectivity index (χ2n) is 7.64. The minimum atomic E-state index is 0.139. The lowest BCUT2D eigenvalue weighted by Crippen LogP contribution is -1.86. The molecule has 0 saturated heterocycles.